The van der Waals surface area contributed by atoms with Crippen molar-refractivity contribution < 1.29 is 9.90 Å². The van der Waals surface area contributed by atoms with E-state index in [-0.39, 0.29) is 0 Å². The molecule has 0 amide bonds. The molecule has 2 N–H and O–H groups in total. The van der Waals surface area contributed by atoms with E-state index in [1.165, 1.54) is 24.7 Å². The molecular formula is C9H15NO2S. The highest BCUT2D eigenvalue weighted by Gasteiger charge is 2.11. The van der Waals surface area contributed by atoms with E-state index in [1.807, 2.05) is 11.8 Å². The molecule has 0 spiro atoms. The van der Waals surface area contributed by atoms with Crippen molar-refractivity contribution in [3.63, 3.8) is 0 Å². The normalized spacial score (nSPS) is 23.5. The first kappa shape index (κ1) is 10.6. The largest absolute Gasteiger partial charge is 0.478 e. The Balaban J connectivity index is 2.07. The van der Waals surface area contributed by atoms with E-state index < -0.39 is 5.97 Å². The fourth-order valence-electron chi connectivity index (χ4n) is 1.30. The highest BCUT2D eigenvalue weighted by atomic mass is 32.2. The highest BCUT2D eigenvalue weighted by Crippen LogP contribution is 2.16. The van der Waals surface area contributed by atoms with Crippen molar-refractivity contribution in [3.05, 3.63) is 12.2 Å². The van der Waals surface area contributed by atoms with Crippen LogP contribution >= 0.6 is 11.8 Å². The number of thioether (sulfide) groups is 1. The summed E-state index contributed by atoms with van der Waals surface area (Å²) in [6.45, 7) is 0.664. The Morgan fingerprint density at radius 1 is 1.69 bits per heavy atom. The molecule has 0 aliphatic carbocycles. The fraction of sp³-hybridized carbons (Fsp3) is 0.667. The van der Waals surface area contributed by atoms with E-state index in [0.717, 1.165) is 5.75 Å². The number of nitrogens with one attached hydrogen (secondary N) is 1. The van der Waals surface area contributed by atoms with Gasteiger partial charge in [-0.05, 0) is 18.6 Å². The fourth-order valence-corrected chi connectivity index (χ4v) is 2.40. The Hall–Kier alpha value is -0.480. The number of hydrogen-bond acceptors (Lipinski definition) is 3. The summed E-state index contributed by atoms with van der Waals surface area (Å²) in [5, 5.41) is 11.6. The lowest BCUT2D eigenvalue weighted by molar-refractivity contribution is -0.131. The van der Waals surface area contributed by atoms with Crippen LogP contribution in [0.2, 0.25) is 0 Å². The molecule has 1 heterocycles. The monoisotopic (exact) mass is 201 g/mol. The van der Waals surface area contributed by atoms with Crippen LogP contribution in [0.5, 0.6) is 0 Å². The molecule has 1 aliphatic rings. The van der Waals surface area contributed by atoms with Crippen molar-refractivity contribution in [2.24, 2.45) is 0 Å². The van der Waals surface area contributed by atoms with Crippen LogP contribution in [-0.2, 0) is 4.79 Å². The zero-order chi connectivity index (χ0) is 9.52. The molecule has 1 unspecified atom stereocenters. The SMILES string of the molecule is O=C(O)/C=C/CNC1CCCSC1. The van der Waals surface area contributed by atoms with Gasteiger partial charge in [0.25, 0.3) is 0 Å². The topological polar surface area (TPSA) is 49.3 Å². The van der Waals surface area contributed by atoms with Gasteiger partial charge in [-0.1, -0.05) is 6.08 Å². The molecule has 1 saturated heterocycles. The first-order valence-electron chi connectivity index (χ1n) is 4.49. The molecule has 1 atom stereocenters. The Labute approximate surface area is 82.6 Å². The van der Waals surface area contributed by atoms with Gasteiger partial charge >= 0.3 is 5.97 Å². The maximum atomic E-state index is 10.1. The highest BCUT2D eigenvalue weighted by molar-refractivity contribution is 7.99. The maximum absolute atomic E-state index is 10.1. The van der Waals surface area contributed by atoms with Crippen LogP contribution in [0.1, 0.15) is 12.8 Å². The molecule has 0 radical (unpaired) electrons. The molecule has 13 heavy (non-hydrogen) atoms. The van der Waals surface area contributed by atoms with Crippen molar-refractivity contribution in [2.45, 2.75) is 18.9 Å². The minimum atomic E-state index is -0.875. The van der Waals surface area contributed by atoms with Gasteiger partial charge in [0.1, 0.15) is 0 Å². The zero-order valence-corrected chi connectivity index (χ0v) is 8.35. The third-order valence-electron chi connectivity index (χ3n) is 1.95. The number of carboxylic acid groups (broad SMARTS) is 1. The second-order valence-corrected chi connectivity index (χ2v) is 4.21. The Morgan fingerprint density at radius 3 is 3.15 bits per heavy atom. The van der Waals surface area contributed by atoms with Crippen molar-refractivity contribution in [1.29, 1.82) is 0 Å². The number of rotatable bonds is 4. The third kappa shape index (κ3) is 4.95. The average molecular weight is 201 g/mol. The summed E-state index contributed by atoms with van der Waals surface area (Å²) >= 11 is 1.96. The van der Waals surface area contributed by atoms with Gasteiger partial charge in [-0.3, -0.25) is 0 Å². The standard InChI is InChI=1S/C9H15NO2S/c11-9(12)4-1-5-10-8-3-2-6-13-7-8/h1,4,8,10H,2-3,5-7H2,(H,11,12)/b4-1+. The number of carbonyl (C=O) groups is 1. The lowest BCUT2D eigenvalue weighted by atomic mass is 10.2. The van der Waals surface area contributed by atoms with Crippen LogP contribution in [0.4, 0.5) is 0 Å². The molecule has 3 nitrogen and oxygen atoms in total. The summed E-state index contributed by atoms with van der Waals surface area (Å²) in [6, 6.07) is 0.567. The summed E-state index contributed by atoms with van der Waals surface area (Å²) in [7, 11) is 0. The van der Waals surface area contributed by atoms with Crippen LogP contribution in [0.3, 0.4) is 0 Å². The quantitative estimate of drug-likeness (QED) is 0.669. The molecule has 74 valence electrons. The van der Waals surface area contributed by atoms with E-state index in [1.54, 1.807) is 6.08 Å². The van der Waals surface area contributed by atoms with Gasteiger partial charge in [0.15, 0.2) is 0 Å². The van der Waals surface area contributed by atoms with Crippen LogP contribution in [0.15, 0.2) is 12.2 Å². The number of aliphatic carboxylic acids is 1. The van der Waals surface area contributed by atoms with Crippen LogP contribution < -0.4 is 5.32 Å². The lowest BCUT2D eigenvalue weighted by Gasteiger charge is -2.21. The van der Waals surface area contributed by atoms with E-state index in [4.69, 9.17) is 5.11 Å². The van der Waals surface area contributed by atoms with Gasteiger partial charge in [0.05, 0.1) is 0 Å². The molecule has 0 aromatic rings. The van der Waals surface area contributed by atoms with E-state index in [9.17, 15) is 4.79 Å². The second-order valence-electron chi connectivity index (χ2n) is 3.06. The molecule has 1 aliphatic heterocycles. The summed E-state index contributed by atoms with van der Waals surface area (Å²) < 4.78 is 0. The number of carboxylic acids is 1. The van der Waals surface area contributed by atoms with Crippen LogP contribution in [0.25, 0.3) is 0 Å². The van der Waals surface area contributed by atoms with E-state index in [0.29, 0.717) is 12.6 Å². The molecule has 0 bridgehead atoms. The van der Waals surface area contributed by atoms with Crippen molar-refractivity contribution in [2.75, 3.05) is 18.1 Å². The Bertz CT molecular complexity index is 188. The predicted molar refractivity (Wildman–Crippen MR) is 55.1 cm³/mol. The molecule has 4 heteroatoms. The second kappa shape index (κ2) is 6.05. The van der Waals surface area contributed by atoms with Crippen molar-refractivity contribution >= 4 is 17.7 Å². The summed E-state index contributed by atoms with van der Waals surface area (Å²) in [5.41, 5.74) is 0. The van der Waals surface area contributed by atoms with Gasteiger partial charge in [0.2, 0.25) is 0 Å². The van der Waals surface area contributed by atoms with Gasteiger partial charge in [-0.25, -0.2) is 4.79 Å². The molecule has 0 aromatic carbocycles. The molecule has 1 rings (SSSR count). The Morgan fingerprint density at radius 2 is 2.54 bits per heavy atom. The maximum Gasteiger partial charge on any atom is 0.328 e. The van der Waals surface area contributed by atoms with Gasteiger partial charge in [-0.2, -0.15) is 11.8 Å². The first-order chi connectivity index (χ1) is 6.29. The molecule has 0 saturated carbocycles. The van der Waals surface area contributed by atoms with Gasteiger partial charge < -0.3 is 10.4 Å². The lowest BCUT2D eigenvalue weighted by Crippen LogP contribution is -2.33. The summed E-state index contributed by atoms with van der Waals surface area (Å²) in [6.07, 6.45) is 5.32. The van der Waals surface area contributed by atoms with Crippen LogP contribution in [-0.4, -0.2) is 35.2 Å². The average Bonchev–Trinajstić information content (AvgIpc) is 2.14. The zero-order valence-electron chi connectivity index (χ0n) is 7.53. The smallest absolute Gasteiger partial charge is 0.328 e. The number of hydrogen-bond donors (Lipinski definition) is 2. The van der Waals surface area contributed by atoms with Crippen molar-refractivity contribution in [3.8, 4) is 0 Å². The minimum absolute atomic E-state index is 0.567. The summed E-state index contributed by atoms with van der Waals surface area (Å²) in [5.74, 6) is 1.55. The summed E-state index contributed by atoms with van der Waals surface area (Å²) in [4.78, 5) is 10.1. The molecule has 1 fully saturated rings. The predicted octanol–water partition coefficient (Wildman–Crippen LogP) is 1.11. The van der Waals surface area contributed by atoms with Crippen LogP contribution in [0, 0.1) is 0 Å². The van der Waals surface area contributed by atoms with Gasteiger partial charge in [0, 0.05) is 24.4 Å². The molecular weight excluding hydrogens is 186 g/mol. The van der Waals surface area contributed by atoms with Gasteiger partial charge in [-0.15, -0.1) is 0 Å². The molecule has 0 aromatic heterocycles. The van der Waals surface area contributed by atoms with E-state index in [2.05, 4.69) is 5.32 Å². The van der Waals surface area contributed by atoms with Crippen molar-refractivity contribution in [1.82, 2.24) is 5.32 Å². The van der Waals surface area contributed by atoms with E-state index >= 15 is 0 Å². The third-order valence-corrected chi connectivity index (χ3v) is 3.16. The minimum Gasteiger partial charge on any atom is -0.478 e. The Kier molecular flexibility index (Phi) is 4.93. The first-order valence-corrected chi connectivity index (χ1v) is 5.65.